The Kier molecular flexibility index (Phi) is 3.29. The first-order chi connectivity index (χ1) is 9.89. The van der Waals surface area contributed by atoms with Crippen LogP contribution in [0.2, 0.25) is 0 Å². The summed E-state index contributed by atoms with van der Waals surface area (Å²) in [6.07, 6.45) is 0. The molecule has 112 valence electrons. The van der Waals surface area contributed by atoms with Crippen LogP contribution < -0.4 is 0 Å². The molecule has 2 aromatic rings. The summed E-state index contributed by atoms with van der Waals surface area (Å²) in [7, 11) is 3.82. The molecule has 4 nitrogen and oxygen atoms in total. The lowest BCUT2D eigenvalue weighted by Gasteiger charge is -2.40. The zero-order valence-corrected chi connectivity index (χ0v) is 13.1. The van der Waals surface area contributed by atoms with Gasteiger partial charge in [-0.15, -0.1) is 0 Å². The second kappa shape index (κ2) is 4.88. The molecule has 4 heteroatoms. The number of benzene rings is 1. The highest BCUT2D eigenvalue weighted by Gasteiger charge is 2.36. The molecule has 0 saturated carbocycles. The van der Waals surface area contributed by atoms with Crippen molar-refractivity contribution in [3.63, 3.8) is 0 Å². The quantitative estimate of drug-likeness (QED) is 0.869. The number of hydrogen-bond donors (Lipinski definition) is 0. The summed E-state index contributed by atoms with van der Waals surface area (Å²) < 4.78 is 7.25. The van der Waals surface area contributed by atoms with E-state index in [2.05, 4.69) is 32.0 Å². The lowest BCUT2D eigenvalue weighted by molar-refractivity contribution is -0.109. The normalized spacial score (nSPS) is 16.8. The molecule has 1 fully saturated rings. The average molecular weight is 286 g/mol. The van der Waals surface area contributed by atoms with Gasteiger partial charge in [-0.3, -0.25) is 4.79 Å². The number of ether oxygens (including phenoxy) is 1. The minimum absolute atomic E-state index is 0.0690. The van der Waals surface area contributed by atoms with E-state index in [1.807, 2.05) is 29.6 Å². The third kappa shape index (κ3) is 2.44. The maximum atomic E-state index is 12.7. The Morgan fingerprint density at radius 1 is 1.38 bits per heavy atom. The molecule has 0 spiro atoms. The van der Waals surface area contributed by atoms with Gasteiger partial charge in [0, 0.05) is 37.0 Å². The largest absolute Gasteiger partial charge is 0.380 e. The van der Waals surface area contributed by atoms with Crippen LogP contribution in [0.15, 0.2) is 24.3 Å². The summed E-state index contributed by atoms with van der Waals surface area (Å²) in [5, 5.41) is 1.12. The van der Waals surface area contributed by atoms with Gasteiger partial charge in [0.15, 0.2) is 0 Å². The zero-order valence-electron chi connectivity index (χ0n) is 13.1. The molecule has 0 atom stereocenters. The van der Waals surface area contributed by atoms with Crippen molar-refractivity contribution < 1.29 is 9.53 Å². The fourth-order valence-electron chi connectivity index (χ4n) is 3.06. The Bertz CT molecular complexity index is 698. The summed E-state index contributed by atoms with van der Waals surface area (Å²) in [4.78, 5) is 14.5. The Balaban J connectivity index is 1.88. The molecule has 1 amide bonds. The first-order valence-corrected chi connectivity index (χ1v) is 7.29. The second-order valence-corrected chi connectivity index (χ2v) is 6.62. The molecule has 3 rings (SSSR count). The van der Waals surface area contributed by atoms with Gasteiger partial charge in [-0.1, -0.05) is 18.6 Å². The van der Waals surface area contributed by atoms with Gasteiger partial charge in [-0.25, -0.2) is 0 Å². The van der Waals surface area contributed by atoms with Crippen molar-refractivity contribution in [2.75, 3.05) is 26.8 Å². The molecule has 1 saturated heterocycles. The number of fused-ring (bicyclic) bond motifs is 1. The van der Waals surface area contributed by atoms with Crippen LogP contribution in [0.3, 0.4) is 0 Å². The van der Waals surface area contributed by atoms with Gasteiger partial charge in [0.2, 0.25) is 0 Å². The van der Waals surface area contributed by atoms with Gasteiger partial charge in [-0.05, 0) is 25.1 Å². The molecule has 21 heavy (non-hydrogen) atoms. The molecule has 2 heterocycles. The second-order valence-electron chi connectivity index (χ2n) is 6.62. The van der Waals surface area contributed by atoms with Crippen molar-refractivity contribution in [1.82, 2.24) is 9.47 Å². The minimum Gasteiger partial charge on any atom is -0.380 e. The number of nitrogens with zero attached hydrogens (tertiary/aromatic N) is 2. The molecular weight excluding hydrogens is 264 g/mol. The Labute approximate surface area is 125 Å². The highest BCUT2D eigenvalue weighted by atomic mass is 16.5. The predicted molar refractivity (Wildman–Crippen MR) is 83.5 cm³/mol. The van der Waals surface area contributed by atoms with Gasteiger partial charge < -0.3 is 14.2 Å². The van der Waals surface area contributed by atoms with Crippen LogP contribution in [0.1, 0.15) is 23.0 Å². The fraction of sp³-hybridized carbons (Fsp3) is 0.471. The lowest BCUT2D eigenvalue weighted by Crippen LogP contribution is -2.49. The van der Waals surface area contributed by atoms with E-state index in [1.165, 1.54) is 5.56 Å². The maximum absolute atomic E-state index is 12.7. The van der Waals surface area contributed by atoms with Crippen LogP contribution in [0.4, 0.5) is 0 Å². The van der Waals surface area contributed by atoms with Gasteiger partial charge in [0.25, 0.3) is 5.91 Å². The molecule has 0 bridgehead atoms. The summed E-state index contributed by atoms with van der Waals surface area (Å²) in [6.45, 7) is 6.42. The topological polar surface area (TPSA) is 34.5 Å². The molecule has 1 aliphatic rings. The standard InChI is InChI=1S/C17H22N2O2/c1-12-5-6-14-13(7-12)8-15(19(14)4)16(20)18(3)9-17(2)10-21-11-17/h5-8H,9-11H2,1-4H3. The van der Waals surface area contributed by atoms with Gasteiger partial charge in [-0.2, -0.15) is 0 Å². The van der Waals surface area contributed by atoms with E-state index in [1.54, 1.807) is 0 Å². The number of aromatic nitrogens is 1. The fourth-order valence-corrected chi connectivity index (χ4v) is 3.06. The predicted octanol–water partition coefficient (Wildman–Crippen LogP) is 2.60. The highest BCUT2D eigenvalue weighted by molar-refractivity contribution is 5.98. The summed E-state index contributed by atoms with van der Waals surface area (Å²) in [6, 6.07) is 8.25. The van der Waals surface area contributed by atoms with E-state index in [4.69, 9.17) is 4.74 Å². The van der Waals surface area contributed by atoms with Crippen LogP contribution in [0, 0.1) is 12.3 Å². The first-order valence-electron chi connectivity index (χ1n) is 7.29. The maximum Gasteiger partial charge on any atom is 0.270 e. The smallest absolute Gasteiger partial charge is 0.270 e. The Morgan fingerprint density at radius 3 is 2.71 bits per heavy atom. The zero-order chi connectivity index (χ0) is 15.2. The molecular formula is C17H22N2O2. The minimum atomic E-state index is 0.0690. The van der Waals surface area contributed by atoms with E-state index < -0.39 is 0 Å². The van der Waals surface area contributed by atoms with E-state index in [-0.39, 0.29) is 11.3 Å². The molecule has 0 N–H and O–H groups in total. The molecule has 1 aromatic heterocycles. The number of rotatable bonds is 3. The number of carbonyl (C=O) groups is 1. The third-order valence-corrected chi connectivity index (χ3v) is 4.28. The van der Waals surface area contributed by atoms with Crippen LogP contribution >= 0.6 is 0 Å². The lowest BCUT2D eigenvalue weighted by atomic mass is 9.88. The van der Waals surface area contributed by atoms with Crippen LogP contribution in [0.5, 0.6) is 0 Å². The average Bonchev–Trinajstić information content (AvgIpc) is 2.72. The van der Waals surface area contributed by atoms with Crippen LogP contribution in [-0.4, -0.2) is 42.2 Å². The van der Waals surface area contributed by atoms with E-state index in [0.717, 1.165) is 36.4 Å². The van der Waals surface area contributed by atoms with E-state index in [9.17, 15) is 4.79 Å². The number of hydrogen-bond acceptors (Lipinski definition) is 2. The molecule has 1 aromatic carbocycles. The summed E-state index contributed by atoms with van der Waals surface area (Å²) >= 11 is 0. The van der Waals surface area contributed by atoms with Crippen LogP contribution in [0.25, 0.3) is 10.9 Å². The van der Waals surface area contributed by atoms with E-state index >= 15 is 0 Å². The van der Waals surface area contributed by atoms with Gasteiger partial charge in [0.1, 0.15) is 5.69 Å². The van der Waals surface area contributed by atoms with Gasteiger partial charge >= 0.3 is 0 Å². The molecule has 0 unspecified atom stereocenters. The molecule has 0 aliphatic carbocycles. The van der Waals surface area contributed by atoms with Crippen molar-refractivity contribution in [2.24, 2.45) is 12.5 Å². The van der Waals surface area contributed by atoms with Crippen molar-refractivity contribution in [3.05, 3.63) is 35.5 Å². The number of amides is 1. The molecule has 0 radical (unpaired) electrons. The van der Waals surface area contributed by atoms with Crippen molar-refractivity contribution in [1.29, 1.82) is 0 Å². The summed E-state index contributed by atoms with van der Waals surface area (Å²) in [5.74, 6) is 0.0690. The Hall–Kier alpha value is -1.81. The Morgan fingerprint density at radius 2 is 2.10 bits per heavy atom. The first kappa shape index (κ1) is 14.1. The monoisotopic (exact) mass is 286 g/mol. The van der Waals surface area contributed by atoms with Crippen molar-refractivity contribution in [3.8, 4) is 0 Å². The van der Waals surface area contributed by atoms with E-state index in [0.29, 0.717) is 0 Å². The third-order valence-electron chi connectivity index (χ3n) is 4.28. The number of aryl methyl sites for hydroxylation is 2. The molecule has 1 aliphatic heterocycles. The number of carbonyl (C=O) groups excluding carboxylic acids is 1. The van der Waals surface area contributed by atoms with Gasteiger partial charge in [0.05, 0.1) is 13.2 Å². The van der Waals surface area contributed by atoms with Crippen molar-refractivity contribution in [2.45, 2.75) is 13.8 Å². The summed E-state index contributed by atoms with van der Waals surface area (Å²) in [5.41, 5.74) is 3.14. The van der Waals surface area contributed by atoms with Crippen LogP contribution in [-0.2, 0) is 11.8 Å². The van der Waals surface area contributed by atoms with Crippen molar-refractivity contribution >= 4 is 16.8 Å². The highest BCUT2D eigenvalue weighted by Crippen LogP contribution is 2.28. The SMILES string of the molecule is Cc1ccc2c(c1)cc(C(=O)N(C)CC1(C)COC1)n2C.